The van der Waals surface area contributed by atoms with Crippen LogP contribution in [0.4, 0.5) is 13.2 Å². The number of alkyl halides is 3. The fraction of sp³-hybridized carbons (Fsp3) is 0.263. The molecule has 0 aliphatic carbocycles. The van der Waals surface area contributed by atoms with Crippen molar-refractivity contribution in [1.82, 2.24) is 14.9 Å². The summed E-state index contributed by atoms with van der Waals surface area (Å²) in [4.78, 5) is 17.6. The van der Waals surface area contributed by atoms with Gasteiger partial charge in [-0.1, -0.05) is 43.4 Å². The highest BCUT2D eigenvalue weighted by Crippen LogP contribution is 2.32. The van der Waals surface area contributed by atoms with E-state index in [2.05, 4.69) is 10.3 Å². The van der Waals surface area contributed by atoms with Gasteiger partial charge in [-0.15, -0.1) is 0 Å². The molecule has 8 heteroatoms. The molecule has 0 spiro atoms. The number of hydrogen-bond acceptors (Lipinski definition) is 3. The van der Waals surface area contributed by atoms with Gasteiger partial charge >= 0.3 is 6.18 Å². The highest BCUT2D eigenvalue weighted by atomic mass is 32.1. The normalized spacial score (nSPS) is 11.8. The van der Waals surface area contributed by atoms with Crippen molar-refractivity contribution in [2.45, 2.75) is 32.5 Å². The van der Waals surface area contributed by atoms with E-state index in [-0.39, 0.29) is 18.0 Å². The third kappa shape index (κ3) is 4.21. The third-order valence-electron chi connectivity index (χ3n) is 3.98. The van der Waals surface area contributed by atoms with Crippen LogP contribution in [0.2, 0.25) is 0 Å². The van der Waals surface area contributed by atoms with Crippen molar-refractivity contribution < 1.29 is 18.0 Å². The Morgan fingerprint density at radius 2 is 1.85 bits per heavy atom. The molecule has 0 saturated carbocycles. The summed E-state index contributed by atoms with van der Waals surface area (Å²) in [5, 5.41) is 3.25. The Balaban J connectivity index is 1.83. The zero-order chi connectivity index (χ0) is 19.6. The maximum atomic E-state index is 13.1. The summed E-state index contributed by atoms with van der Waals surface area (Å²) in [7, 11) is 0. The van der Waals surface area contributed by atoms with Crippen molar-refractivity contribution in [3.63, 3.8) is 0 Å². The number of rotatable bonds is 5. The second kappa shape index (κ2) is 7.56. The standard InChI is InChI=1S/C19H18F3N3OS/c1-12(2)15-16(27-18(24-15)25-9-5-6-10-25)17(26)23-11-13-7-3-4-8-14(13)19(20,21)22/h3-10,12H,11H2,1-2H3,(H,23,26). The fourth-order valence-electron chi connectivity index (χ4n) is 2.65. The lowest BCUT2D eigenvalue weighted by molar-refractivity contribution is -0.138. The number of benzene rings is 1. The van der Waals surface area contributed by atoms with E-state index in [9.17, 15) is 18.0 Å². The summed E-state index contributed by atoms with van der Waals surface area (Å²) >= 11 is 1.22. The summed E-state index contributed by atoms with van der Waals surface area (Å²) in [6.07, 6.45) is -0.815. The maximum absolute atomic E-state index is 13.1. The number of nitrogens with one attached hydrogen (secondary N) is 1. The van der Waals surface area contributed by atoms with Gasteiger partial charge < -0.3 is 9.88 Å². The highest BCUT2D eigenvalue weighted by molar-refractivity contribution is 7.16. The van der Waals surface area contributed by atoms with Crippen molar-refractivity contribution >= 4 is 17.2 Å². The quantitative estimate of drug-likeness (QED) is 0.663. The summed E-state index contributed by atoms with van der Waals surface area (Å²) in [5.41, 5.74) is -0.0865. The Bertz CT molecular complexity index is 930. The molecule has 3 aromatic rings. The SMILES string of the molecule is CC(C)c1nc(-n2cccc2)sc1C(=O)NCc1ccccc1C(F)(F)F. The van der Waals surface area contributed by atoms with Crippen LogP contribution in [0.3, 0.4) is 0 Å². The van der Waals surface area contributed by atoms with Crippen LogP contribution in [0.1, 0.15) is 46.3 Å². The van der Waals surface area contributed by atoms with Crippen LogP contribution in [0.15, 0.2) is 48.8 Å². The summed E-state index contributed by atoms with van der Waals surface area (Å²) in [6.45, 7) is 3.64. The number of carbonyl (C=O) groups excluding carboxylic acids is 1. The van der Waals surface area contributed by atoms with Gasteiger partial charge in [-0.3, -0.25) is 4.79 Å². The van der Waals surface area contributed by atoms with E-state index in [0.717, 1.165) is 6.07 Å². The minimum atomic E-state index is -4.46. The largest absolute Gasteiger partial charge is 0.416 e. The Hall–Kier alpha value is -2.61. The molecule has 1 aromatic carbocycles. The topological polar surface area (TPSA) is 46.9 Å². The van der Waals surface area contributed by atoms with Crippen molar-refractivity contribution in [3.8, 4) is 5.13 Å². The molecule has 4 nitrogen and oxygen atoms in total. The van der Waals surface area contributed by atoms with Gasteiger partial charge in [0.2, 0.25) is 0 Å². The lowest BCUT2D eigenvalue weighted by Gasteiger charge is -2.13. The molecule has 2 heterocycles. The van der Waals surface area contributed by atoms with E-state index in [0.29, 0.717) is 15.7 Å². The van der Waals surface area contributed by atoms with E-state index in [1.54, 1.807) is 4.57 Å². The van der Waals surface area contributed by atoms with Crippen LogP contribution in [-0.2, 0) is 12.7 Å². The van der Waals surface area contributed by atoms with Crippen molar-refractivity contribution in [2.24, 2.45) is 0 Å². The van der Waals surface area contributed by atoms with E-state index < -0.39 is 17.6 Å². The molecule has 0 saturated heterocycles. The highest BCUT2D eigenvalue weighted by Gasteiger charge is 2.33. The minimum absolute atomic E-state index is 0.00812. The van der Waals surface area contributed by atoms with Gasteiger partial charge in [0.05, 0.1) is 11.3 Å². The number of hydrogen-bond donors (Lipinski definition) is 1. The molecule has 2 aromatic heterocycles. The zero-order valence-corrected chi connectivity index (χ0v) is 15.6. The molecule has 0 aliphatic heterocycles. The van der Waals surface area contributed by atoms with Crippen molar-refractivity contribution in [3.05, 3.63) is 70.5 Å². The van der Waals surface area contributed by atoms with Gasteiger partial charge in [0.15, 0.2) is 5.13 Å². The molecule has 1 amide bonds. The summed E-state index contributed by atoms with van der Waals surface area (Å²) < 4.78 is 41.1. The van der Waals surface area contributed by atoms with Crippen molar-refractivity contribution in [1.29, 1.82) is 0 Å². The molecular weight excluding hydrogens is 375 g/mol. The van der Waals surface area contributed by atoms with Crippen molar-refractivity contribution in [2.75, 3.05) is 0 Å². The number of amides is 1. The monoisotopic (exact) mass is 393 g/mol. The molecule has 0 radical (unpaired) electrons. The van der Waals surface area contributed by atoms with Gasteiger partial charge in [-0.25, -0.2) is 4.98 Å². The molecule has 0 unspecified atom stereocenters. The summed E-state index contributed by atoms with van der Waals surface area (Å²) in [6, 6.07) is 8.93. The number of aromatic nitrogens is 2. The maximum Gasteiger partial charge on any atom is 0.416 e. The first-order valence-electron chi connectivity index (χ1n) is 8.34. The lowest BCUT2D eigenvalue weighted by atomic mass is 10.1. The molecule has 3 rings (SSSR count). The first-order chi connectivity index (χ1) is 12.8. The Kier molecular flexibility index (Phi) is 5.36. The number of nitrogens with zero attached hydrogens (tertiary/aromatic N) is 2. The van der Waals surface area contributed by atoms with Crippen LogP contribution in [-0.4, -0.2) is 15.5 Å². The summed E-state index contributed by atoms with van der Waals surface area (Å²) in [5.74, 6) is -0.416. The van der Waals surface area contributed by atoms with Gasteiger partial charge in [-0.05, 0) is 29.7 Å². The molecule has 142 valence electrons. The average Bonchev–Trinajstić information content (AvgIpc) is 3.28. The lowest BCUT2D eigenvalue weighted by Crippen LogP contribution is -2.24. The average molecular weight is 393 g/mol. The first-order valence-corrected chi connectivity index (χ1v) is 9.16. The Labute approximate surface area is 158 Å². The minimum Gasteiger partial charge on any atom is -0.347 e. The van der Waals surface area contributed by atoms with E-state index in [1.165, 1.54) is 29.5 Å². The van der Waals surface area contributed by atoms with E-state index in [1.807, 2.05) is 38.4 Å². The van der Waals surface area contributed by atoms with Crippen LogP contribution in [0, 0.1) is 0 Å². The molecule has 1 N–H and O–H groups in total. The molecule has 27 heavy (non-hydrogen) atoms. The predicted molar refractivity (Wildman–Crippen MR) is 98.1 cm³/mol. The van der Waals surface area contributed by atoms with E-state index in [4.69, 9.17) is 0 Å². The van der Waals surface area contributed by atoms with Gasteiger partial charge in [0, 0.05) is 18.9 Å². The molecular formula is C19H18F3N3OS. The molecule has 0 atom stereocenters. The van der Waals surface area contributed by atoms with Crippen LogP contribution < -0.4 is 5.32 Å². The van der Waals surface area contributed by atoms with Gasteiger partial charge in [-0.2, -0.15) is 13.2 Å². The zero-order valence-electron chi connectivity index (χ0n) is 14.7. The van der Waals surface area contributed by atoms with Gasteiger partial charge in [0.1, 0.15) is 4.88 Å². The predicted octanol–water partition coefficient (Wildman–Crippen LogP) is 5.01. The third-order valence-corrected chi connectivity index (χ3v) is 5.07. The molecule has 0 bridgehead atoms. The fourth-order valence-corrected chi connectivity index (χ4v) is 3.76. The number of carbonyl (C=O) groups is 1. The van der Waals surface area contributed by atoms with E-state index >= 15 is 0 Å². The second-order valence-electron chi connectivity index (χ2n) is 6.29. The van der Waals surface area contributed by atoms with Crippen LogP contribution in [0.25, 0.3) is 5.13 Å². The Morgan fingerprint density at radius 1 is 1.19 bits per heavy atom. The van der Waals surface area contributed by atoms with Gasteiger partial charge in [0.25, 0.3) is 5.91 Å². The molecule has 0 fully saturated rings. The first kappa shape index (κ1) is 19.2. The second-order valence-corrected chi connectivity index (χ2v) is 7.27. The smallest absolute Gasteiger partial charge is 0.347 e. The number of halogens is 3. The number of thiazole rings is 1. The Morgan fingerprint density at radius 3 is 2.48 bits per heavy atom. The van der Waals surface area contributed by atoms with Crippen LogP contribution >= 0.6 is 11.3 Å². The van der Waals surface area contributed by atoms with Crippen LogP contribution in [0.5, 0.6) is 0 Å². The molecule has 0 aliphatic rings.